The lowest BCUT2D eigenvalue weighted by Crippen LogP contribution is -2.38. The Morgan fingerprint density at radius 3 is 2.09 bits per heavy atom. The minimum atomic E-state index is -3.23. The van der Waals surface area contributed by atoms with Crippen molar-refractivity contribution in [1.29, 1.82) is 0 Å². The summed E-state index contributed by atoms with van der Waals surface area (Å²) in [4.78, 5) is 0. The molecule has 0 spiro atoms. The van der Waals surface area contributed by atoms with Crippen molar-refractivity contribution in [2.45, 2.75) is 90.4 Å². The molecule has 0 rings (SSSR count). The van der Waals surface area contributed by atoms with Crippen molar-refractivity contribution in [3.05, 3.63) is 0 Å². The molecule has 22 heavy (non-hydrogen) atoms. The van der Waals surface area contributed by atoms with Crippen LogP contribution in [0.1, 0.15) is 79.1 Å². The lowest BCUT2D eigenvalue weighted by atomic mass is 10.0. The van der Waals surface area contributed by atoms with E-state index in [1.807, 2.05) is 20.8 Å². The maximum atomic E-state index is 12.5. The molecular weight excluding hydrogens is 298 g/mol. The summed E-state index contributed by atoms with van der Waals surface area (Å²) in [5.74, 6) is 0.117. The largest absolute Gasteiger partial charge is 0.382 e. The van der Waals surface area contributed by atoms with Crippen molar-refractivity contribution in [1.82, 2.24) is 4.72 Å². The van der Waals surface area contributed by atoms with Crippen LogP contribution in [0.15, 0.2) is 0 Å². The smallest absolute Gasteiger partial charge is 0.214 e. The van der Waals surface area contributed by atoms with Crippen molar-refractivity contribution in [3.8, 4) is 0 Å². The van der Waals surface area contributed by atoms with Gasteiger partial charge in [0, 0.05) is 13.7 Å². The zero-order valence-electron chi connectivity index (χ0n) is 15.2. The van der Waals surface area contributed by atoms with Gasteiger partial charge in [0.15, 0.2) is 0 Å². The van der Waals surface area contributed by atoms with Gasteiger partial charge >= 0.3 is 0 Å². The number of hydrogen-bond acceptors (Lipinski definition) is 3. The van der Waals surface area contributed by atoms with E-state index in [0.29, 0.717) is 13.0 Å². The fourth-order valence-corrected chi connectivity index (χ4v) is 4.40. The number of ether oxygens (including phenoxy) is 1. The lowest BCUT2D eigenvalue weighted by molar-refractivity contribution is 0.108. The highest BCUT2D eigenvalue weighted by Gasteiger charge is 2.28. The minimum absolute atomic E-state index is 0.106. The van der Waals surface area contributed by atoms with E-state index < -0.39 is 10.0 Å². The Morgan fingerprint density at radius 1 is 0.955 bits per heavy atom. The number of sulfonamides is 1. The fourth-order valence-electron chi connectivity index (χ4n) is 2.59. The number of rotatable bonds is 14. The molecule has 2 atom stereocenters. The van der Waals surface area contributed by atoms with Crippen LogP contribution in [0.3, 0.4) is 0 Å². The van der Waals surface area contributed by atoms with Gasteiger partial charge in [0.05, 0.1) is 11.4 Å². The maximum Gasteiger partial charge on any atom is 0.214 e. The molecule has 4 nitrogen and oxygen atoms in total. The van der Waals surface area contributed by atoms with Crippen LogP contribution >= 0.6 is 0 Å². The average Bonchev–Trinajstić information content (AvgIpc) is 2.45. The van der Waals surface area contributed by atoms with Gasteiger partial charge < -0.3 is 4.74 Å². The Hall–Kier alpha value is -0.130. The first-order valence-electron chi connectivity index (χ1n) is 8.86. The summed E-state index contributed by atoms with van der Waals surface area (Å²) in [5.41, 5.74) is 0. The second-order valence-electron chi connectivity index (χ2n) is 6.61. The Morgan fingerprint density at radius 2 is 1.55 bits per heavy atom. The van der Waals surface area contributed by atoms with Crippen molar-refractivity contribution in [2.75, 3.05) is 13.7 Å². The van der Waals surface area contributed by atoms with Gasteiger partial charge in [-0.2, -0.15) is 0 Å². The summed E-state index contributed by atoms with van der Waals surface area (Å²) in [6, 6.07) is 0. The van der Waals surface area contributed by atoms with E-state index in [4.69, 9.17) is 4.74 Å². The van der Waals surface area contributed by atoms with Gasteiger partial charge in [-0.05, 0) is 32.1 Å². The molecule has 134 valence electrons. The van der Waals surface area contributed by atoms with Gasteiger partial charge in [0.25, 0.3) is 0 Å². The summed E-state index contributed by atoms with van der Waals surface area (Å²) < 4.78 is 32.9. The normalized spacial score (nSPS) is 15.2. The number of hydrogen-bond donors (Lipinski definition) is 1. The Balaban J connectivity index is 4.17. The quantitative estimate of drug-likeness (QED) is 0.486. The molecule has 0 aliphatic carbocycles. The van der Waals surface area contributed by atoms with Crippen molar-refractivity contribution in [2.24, 2.45) is 5.92 Å². The Kier molecular flexibility index (Phi) is 12.2. The Labute approximate surface area is 138 Å². The fraction of sp³-hybridized carbons (Fsp3) is 1.00. The van der Waals surface area contributed by atoms with E-state index >= 15 is 0 Å². The molecular formula is C17H37NO3S. The van der Waals surface area contributed by atoms with Crippen molar-refractivity contribution >= 4 is 10.0 Å². The van der Waals surface area contributed by atoms with Crippen molar-refractivity contribution in [3.63, 3.8) is 0 Å². The molecule has 0 aliphatic rings. The first kappa shape index (κ1) is 21.9. The SMILES string of the molecule is CCCCCCCCNS(=O)(=O)C(CCC(C)OC)C(C)C. The second-order valence-corrected chi connectivity index (χ2v) is 8.60. The summed E-state index contributed by atoms with van der Waals surface area (Å²) in [7, 11) is -1.56. The standard InChI is InChI=1S/C17H37NO3S/c1-6-7-8-9-10-11-14-18-22(19,20)17(15(2)3)13-12-16(4)21-5/h15-18H,6-14H2,1-5H3. The second kappa shape index (κ2) is 12.3. The molecule has 0 radical (unpaired) electrons. The highest BCUT2D eigenvalue weighted by molar-refractivity contribution is 7.90. The van der Waals surface area contributed by atoms with E-state index in [1.54, 1.807) is 7.11 Å². The average molecular weight is 336 g/mol. The lowest BCUT2D eigenvalue weighted by Gasteiger charge is -2.23. The van der Waals surface area contributed by atoms with Gasteiger partial charge in [-0.25, -0.2) is 13.1 Å². The van der Waals surface area contributed by atoms with Crippen LogP contribution in [0.4, 0.5) is 0 Å². The molecule has 1 N–H and O–H groups in total. The first-order chi connectivity index (χ1) is 10.3. The minimum Gasteiger partial charge on any atom is -0.382 e. The molecule has 0 saturated carbocycles. The molecule has 5 heteroatoms. The summed E-state index contributed by atoms with van der Waals surface area (Å²) in [6.45, 7) is 8.70. The monoisotopic (exact) mass is 335 g/mol. The molecule has 2 unspecified atom stereocenters. The zero-order valence-corrected chi connectivity index (χ0v) is 16.0. The van der Waals surface area contributed by atoms with E-state index in [1.165, 1.54) is 25.7 Å². The topological polar surface area (TPSA) is 55.4 Å². The summed E-state index contributed by atoms with van der Waals surface area (Å²) in [5, 5.41) is -0.329. The third-order valence-corrected chi connectivity index (χ3v) is 6.42. The summed E-state index contributed by atoms with van der Waals surface area (Å²) >= 11 is 0. The van der Waals surface area contributed by atoms with Crippen LogP contribution in [0.25, 0.3) is 0 Å². The van der Waals surface area contributed by atoms with Gasteiger partial charge in [-0.1, -0.05) is 52.9 Å². The molecule has 0 amide bonds. The predicted octanol–water partition coefficient (Wildman–Crippen LogP) is 4.11. The number of methoxy groups -OCH3 is 1. The van der Waals surface area contributed by atoms with E-state index in [-0.39, 0.29) is 17.3 Å². The van der Waals surface area contributed by atoms with E-state index in [9.17, 15) is 8.42 Å². The van der Waals surface area contributed by atoms with Crippen LogP contribution in [0.5, 0.6) is 0 Å². The van der Waals surface area contributed by atoms with Crippen molar-refractivity contribution < 1.29 is 13.2 Å². The first-order valence-corrected chi connectivity index (χ1v) is 10.4. The highest BCUT2D eigenvalue weighted by atomic mass is 32.2. The van der Waals surface area contributed by atoms with Crippen LogP contribution in [0.2, 0.25) is 0 Å². The van der Waals surface area contributed by atoms with Gasteiger partial charge in [-0.3, -0.25) is 0 Å². The van der Waals surface area contributed by atoms with Crippen LogP contribution < -0.4 is 4.72 Å². The van der Waals surface area contributed by atoms with Crippen LogP contribution in [0, 0.1) is 5.92 Å². The molecule has 0 aliphatic heterocycles. The predicted molar refractivity (Wildman–Crippen MR) is 94.6 cm³/mol. The maximum absolute atomic E-state index is 12.5. The molecule has 0 aromatic rings. The number of nitrogens with one attached hydrogen (secondary N) is 1. The van der Waals surface area contributed by atoms with Gasteiger partial charge in [-0.15, -0.1) is 0 Å². The highest BCUT2D eigenvalue weighted by Crippen LogP contribution is 2.19. The zero-order chi connectivity index (χ0) is 17.0. The molecule has 0 heterocycles. The van der Waals surface area contributed by atoms with E-state index in [0.717, 1.165) is 19.3 Å². The Bertz CT molecular complexity index is 355. The number of unbranched alkanes of at least 4 members (excludes halogenated alkanes) is 5. The third-order valence-electron chi connectivity index (χ3n) is 4.24. The van der Waals surface area contributed by atoms with Gasteiger partial charge in [0.2, 0.25) is 10.0 Å². The third kappa shape index (κ3) is 9.80. The summed E-state index contributed by atoms with van der Waals surface area (Å²) in [6.07, 6.45) is 8.55. The van der Waals surface area contributed by atoms with Crippen LogP contribution in [-0.4, -0.2) is 33.4 Å². The van der Waals surface area contributed by atoms with E-state index in [2.05, 4.69) is 11.6 Å². The molecule has 0 aromatic heterocycles. The van der Waals surface area contributed by atoms with Gasteiger partial charge in [0.1, 0.15) is 0 Å². The molecule has 0 bridgehead atoms. The molecule has 0 aromatic carbocycles. The molecule has 0 fully saturated rings. The van der Waals surface area contributed by atoms with Crippen LogP contribution in [-0.2, 0) is 14.8 Å². The molecule has 0 saturated heterocycles.